The molecule has 27 heavy (non-hydrogen) atoms. The second-order valence-corrected chi connectivity index (χ2v) is 9.10. The number of carbonyl (C=O) groups excluding carboxylic acids is 1. The van der Waals surface area contributed by atoms with Crippen LogP contribution in [0.1, 0.15) is 59.0 Å². The fraction of sp³-hybridized carbons (Fsp3) is 0.600. The highest BCUT2D eigenvalue weighted by molar-refractivity contribution is 7.12. The number of anilines is 1. The Balaban J connectivity index is 1.12. The fourth-order valence-corrected chi connectivity index (χ4v) is 5.05. The second kappa shape index (κ2) is 7.04. The van der Waals surface area contributed by atoms with Gasteiger partial charge in [-0.3, -0.25) is 10.1 Å². The summed E-state index contributed by atoms with van der Waals surface area (Å²) in [5.74, 6) is 0.827. The van der Waals surface area contributed by atoms with Crippen LogP contribution in [0.3, 0.4) is 0 Å². The minimum absolute atomic E-state index is 0.125. The highest BCUT2D eigenvalue weighted by Gasteiger charge is 2.41. The molecule has 0 aromatic carbocycles. The molecule has 2 unspecified atom stereocenters. The Hall–Kier alpha value is -1.70. The maximum atomic E-state index is 12.4. The van der Waals surface area contributed by atoms with Crippen LogP contribution in [-0.4, -0.2) is 47.2 Å². The molecule has 0 radical (unpaired) electrons. The third kappa shape index (κ3) is 3.95. The minimum atomic E-state index is -0.125. The number of aromatic nitrogens is 1. The third-order valence-electron chi connectivity index (χ3n) is 5.97. The predicted octanol–water partition coefficient (Wildman–Crippen LogP) is 3.37. The maximum absolute atomic E-state index is 12.4. The van der Waals surface area contributed by atoms with Gasteiger partial charge in [0, 0.05) is 30.1 Å². The lowest BCUT2D eigenvalue weighted by Gasteiger charge is -2.32. The molecule has 2 aromatic heterocycles. The SMILES string of the molecule is Cc1cc(NC(=O)c2cc(C3CC3NC3CCN(C4CC4)CC3)cs2)on1. The average molecular weight is 387 g/mol. The van der Waals surface area contributed by atoms with E-state index in [1.165, 1.54) is 62.1 Å². The Labute approximate surface area is 163 Å². The molecule has 3 heterocycles. The summed E-state index contributed by atoms with van der Waals surface area (Å²) in [6.07, 6.45) is 6.54. The number of rotatable bonds is 6. The van der Waals surface area contributed by atoms with E-state index in [0.29, 0.717) is 23.9 Å². The first kappa shape index (κ1) is 17.4. The number of aryl methyl sites for hydroxylation is 1. The summed E-state index contributed by atoms with van der Waals surface area (Å²) in [6, 6.07) is 5.89. The van der Waals surface area contributed by atoms with Gasteiger partial charge in [0.05, 0.1) is 10.6 Å². The second-order valence-electron chi connectivity index (χ2n) is 8.19. The molecule has 2 N–H and O–H groups in total. The lowest BCUT2D eigenvalue weighted by molar-refractivity contribution is 0.102. The van der Waals surface area contributed by atoms with Gasteiger partial charge in [-0.25, -0.2) is 0 Å². The van der Waals surface area contributed by atoms with Gasteiger partial charge >= 0.3 is 0 Å². The van der Waals surface area contributed by atoms with Crippen LogP contribution in [-0.2, 0) is 0 Å². The first-order valence-corrected chi connectivity index (χ1v) is 10.9. The summed E-state index contributed by atoms with van der Waals surface area (Å²) in [6.45, 7) is 4.34. The van der Waals surface area contributed by atoms with E-state index in [1.54, 1.807) is 6.07 Å². The topological polar surface area (TPSA) is 70.4 Å². The van der Waals surface area contributed by atoms with Crippen molar-refractivity contribution in [3.8, 4) is 0 Å². The fourth-order valence-electron chi connectivity index (χ4n) is 4.18. The van der Waals surface area contributed by atoms with Gasteiger partial charge in [0.15, 0.2) is 0 Å². The van der Waals surface area contributed by atoms with Crippen molar-refractivity contribution in [1.82, 2.24) is 15.4 Å². The van der Waals surface area contributed by atoms with Crippen molar-refractivity contribution < 1.29 is 9.32 Å². The van der Waals surface area contributed by atoms with Gasteiger partial charge in [-0.05, 0) is 69.1 Å². The number of carbonyl (C=O) groups is 1. The molecular weight excluding hydrogens is 360 g/mol. The zero-order valence-electron chi connectivity index (χ0n) is 15.6. The highest BCUT2D eigenvalue weighted by Crippen LogP contribution is 2.43. The normalized spacial score (nSPS) is 26.3. The molecule has 2 aliphatic carbocycles. The summed E-state index contributed by atoms with van der Waals surface area (Å²) < 4.78 is 5.06. The smallest absolute Gasteiger partial charge is 0.268 e. The van der Waals surface area contributed by atoms with Gasteiger partial charge in [0.25, 0.3) is 5.91 Å². The molecule has 3 fully saturated rings. The average Bonchev–Trinajstić information content (AvgIpc) is 3.56. The van der Waals surface area contributed by atoms with Gasteiger partial charge in [0.2, 0.25) is 5.88 Å². The lowest BCUT2D eigenvalue weighted by atomic mass is 10.0. The van der Waals surface area contributed by atoms with Crippen molar-refractivity contribution in [3.05, 3.63) is 33.6 Å². The van der Waals surface area contributed by atoms with Crippen molar-refractivity contribution in [1.29, 1.82) is 0 Å². The molecule has 2 atom stereocenters. The molecule has 0 bridgehead atoms. The third-order valence-corrected chi connectivity index (χ3v) is 6.92. The van der Waals surface area contributed by atoms with E-state index in [2.05, 4.69) is 26.1 Å². The van der Waals surface area contributed by atoms with Crippen molar-refractivity contribution >= 4 is 23.1 Å². The molecule has 1 amide bonds. The van der Waals surface area contributed by atoms with Crippen molar-refractivity contribution in [2.75, 3.05) is 18.4 Å². The number of amides is 1. The number of piperidine rings is 1. The Morgan fingerprint density at radius 1 is 1.26 bits per heavy atom. The number of thiophene rings is 1. The lowest BCUT2D eigenvalue weighted by Crippen LogP contribution is -2.44. The molecule has 3 aliphatic rings. The molecular formula is C20H26N4O2S. The van der Waals surface area contributed by atoms with E-state index in [9.17, 15) is 4.79 Å². The zero-order valence-corrected chi connectivity index (χ0v) is 16.4. The number of nitrogens with one attached hydrogen (secondary N) is 2. The van der Waals surface area contributed by atoms with Gasteiger partial charge in [-0.1, -0.05) is 5.16 Å². The number of nitrogens with zero attached hydrogens (tertiary/aromatic N) is 2. The van der Waals surface area contributed by atoms with Crippen LogP contribution in [0.15, 0.2) is 22.0 Å². The predicted molar refractivity (Wildman–Crippen MR) is 105 cm³/mol. The molecule has 2 aromatic rings. The van der Waals surface area contributed by atoms with E-state index in [0.717, 1.165) is 16.6 Å². The van der Waals surface area contributed by atoms with Crippen molar-refractivity contribution in [2.45, 2.75) is 63.1 Å². The molecule has 144 valence electrons. The summed E-state index contributed by atoms with van der Waals surface area (Å²) in [5, 5.41) is 12.5. The minimum Gasteiger partial charge on any atom is -0.338 e. The van der Waals surface area contributed by atoms with Crippen LogP contribution >= 0.6 is 11.3 Å². The standard InChI is InChI=1S/C20H26N4O2S/c1-12-8-19(26-23-12)22-20(25)18-9-13(11-27-18)16-10-17(16)21-14-4-6-24(7-5-14)15-2-3-15/h8-9,11,14-17,21H,2-7,10H2,1H3,(H,22,25). The van der Waals surface area contributed by atoms with E-state index in [4.69, 9.17) is 4.52 Å². The van der Waals surface area contributed by atoms with Gasteiger partial charge in [0.1, 0.15) is 0 Å². The van der Waals surface area contributed by atoms with Crippen LogP contribution in [0.25, 0.3) is 0 Å². The van der Waals surface area contributed by atoms with E-state index in [-0.39, 0.29) is 5.91 Å². The summed E-state index contributed by atoms with van der Waals surface area (Å²) in [4.78, 5) is 15.8. The van der Waals surface area contributed by atoms with E-state index in [1.807, 2.05) is 13.0 Å². The summed E-state index contributed by atoms with van der Waals surface area (Å²) >= 11 is 1.50. The number of hydrogen-bond acceptors (Lipinski definition) is 6. The molecule has 0 spiro atoms. The first-order chi connectivity index (χ1) is 13.2. The molecule has 5 rings (SSSR count). The largest absolute Gasteiger partial charge is 0.338 e. The number of likely N-dealkylation sites (tertiary alicyclic amines) is 1. The van der Waals surface area contributed by atoms with Crippen LogP contribution in [0.5, 0.6) is 0 Å². The summed E-state index contributed by atoms with van der Waals surface area (Å²) in [5.41, 5.74) is 2.04. The van der Waals surface area contributed by atoms with E-state index >= 15 is 0 Å². The molecule has 2 saturated carbocycles. The maximum Gasteiger partial charge on any atom is 0.268 e. The Bertz CT molecular complexity index is 820. The Morgan fingerprint density at radius 2 is 2.07 bits per heavy atom. The van der Waals surface area contributed by atoms with Crippen molar-refractivity contribution in [3.63, 3.8) is 0 Å². The van der Waals surface area contributed by atoms with E-state index < -0.39 is 0 Å². The van der Waals surface area contributed by atoms with Crippen LogP contribution in [0.2, 0.25) is 0 Å². The number of hydrogen-bond donors (Lipinski definition) is 2. The van der Waals surface area contributed by atoms with Crippen LogP contribution in [0.4, 0.5) is 5.88 Å². The highest BCUT2D eigenvalue weighted by atomic mass is 32.1. The van der Waals surface area contributed by atoms with Crippen LogP contribution < -0.4 is 10.6 Å². The summed E-state index contributed by atoms with van der Waals surface area (Å²) in [7, 11) is 0. The van der Waals surface area contributed by atoms with Gasteiger partial charge in [-0.2, -0.15) is 0 Å². The molecule has 1 saturated heterocycles. The quantitative estimate of drug-likeness (QED) is 0.797. The molecule has 6 nitrogen and oxygen atoms in total. The monoisotopic (exact) mass is 386 g/mol. The van der Waals surface area contributed by atoms with Gasteiger partial charge in [-0.15, -0.1) is 11.3 Å². The first-order valence-electron chi connectivity index (χ1n) is 9.99. The van der Waals surface area contributed by atoms with Crippen LogP contribution in [0, 0.1) is 6.92 Å². The molecule has 7 heteroatoms. The Kier molecular flexibility index (Phi) is 4.53. The Morgan fingerprint density at radius 3 is 2.78 bits per heavy atom. The van der Waals surface area contributed by atoms with Gasteiger partial charge < -0.3 is 14.7 Å². The van der Waals surface area contributed by atoms with Crippen molar-refractivity contribution in [2.24, 2.45) is 0 Å². The molecule has 1 aliphatic heterocycles. The zero-order chi connectivity index (χ0) is 18.4.